The standard InChI is InChI=1S/C9H11BClF3N.K/c1-15(7-10(12,13)14)6-8-4-2-3-5-9(8)11;/h2-5H,6-7H2,1H3;/q-1;+1. The molecule has 0 heterocycles. The van der Waals surface area contributed by atoms with E-state index in [2.05, 4.69) is 0 Å². The third kappa shape index (κ3) is 6.64. The van der Waals surface area contributed by atoms with Gasteiger partial charge >= 0.3 is 58.4 Å². The molecule has 0 saturated heterocycles. The van der Waals surface area contributed by atoms with Gasteiger partial charge in [-0.05, 0) is 25.1 Å². The zero-order chi connectivity index (χ0) is 11.5. The minimum atomic E-state index is -4.77. The van der Waals surface area contributed by atoms with E-state index >= 15 is 0 Å². The summed E-state index contributed by atoms with van der Waals surface area (Å²) in [5.74, 6) is 0. The summed E-state index contributed by atoms with van der Waals surface area (Å²) in [6, 6.07) is 6.90. The largest absolute Gasteiger partial charge is 1.00 e. The van der Waals surface area contributed by atoms with E-state index in [0.29, 0.717) is 10.6 Å². The van der Waals surface area contributed by atoms with Gasteiger partial charge in [0.2, 0.25) is 0 Å². The summed E-state index contributed by atoms with van der Waals surface area (Å²) in [6.45, 7) is -4.56. The monoisotopic (exact) mass is 275 g/mol. The summed E-state index contributed by atoms with van der Waals surface area (Å²) in [5.41, 5.74) is 0.710. The molecule has 1 aromatic rings. The third-order valence-corrected chi connectivity index (χ3v) is 2.29. The molecule has 1 aromatic carbocycles. The first-order chi connectivity index (χ1) is 6.88. The Morgan fingerprint density at radius 2 is 1.81 bits per heavy atom. The summed E-state index contributed by atoms with van der Waals surface area (Å²) < 4.78 is 36.3. The average molecular weight is 276 g/mol. The first-order valence-corrected chi connectivity index (χ1v) is 4.89. The minimum Gasteiger partial charge on any atom is -0.448 e. The number of hydrogen-bond acceptors (Lipinski definition) is 1. The molecule has 1 rings (SSSR count). The Labute approximate surface area is 141 Å². The molecular formula is C9H11BClF3KN. The molecule has 84 valence electrons. The van der Waals surface area contributed by atoms with Crippen LogP contribution in [0, 0.1) is 0 Å². The van der Waals surface area contributed by atoms with Gasteiger partial charge in [0.25, 0.3) is 0 Å². The molecule has 0 aliphatic rings. The van der Waals surface area contributed by atoms with E-state index in [4.69, 9.17) is 11.6 Å². The van der Waals surface area contributed by atoms with Gasteiger partial charge in [-0.2, -0.15) is 0 Å². The quantitative estimate of drug-likeness (QED) is 0.708. The molecule has 0 bridgehead atoms. The van der Waals surface area contributed by atoms with Crippen molar-refractivity contribution in [3.05, 3.63) is 34.9 Å². The Bertz CT molecular complexity index is 335. The Balaban J connectivity index is 0.00000225. The predicted octanol–water partition coefficient (Wildman–Crippen LogP) is 0.162. The maximum Gasteiger partial charge on any atom is 1.00 e. The molecule has 0 aliphatic carbocycles. The molecular weight excluding hydrogens is 264 g/mol. The van der Waals surface area contributed by atoms with Crippen LogP contribution in [-0.2, 0) is 6.54 Å². The van der Waals surface area contributed by atoms with Crippen LogP contribution in [0.4, 0.5) is 12.9 Å². The van der Waals surface area contributed by atoms with Gasteiger partial charge in [0, 0.05) is 11.6 Å². The van der Waals surface area contributed by atoms with Crippen molar-refractivity contribution in [1.29, 1.82) is 0 Å². The second-order valence-electron chi connectivity index (χ2n) is 3.50. The summed E-state index contributed by atoms with van der Waals surface area (Å²) in [6.07, 6.45) is -0.870. The maximum absolute atomic E-state index is 12.1. The van der Waals surface area contributed by atoms with Crippen molar-refractivity contribution in [2.75, 3.05) is 13.5 Å². The Morgan fingerprint density at radius 3 is 2.31 bits per heavy atom. The molecule has 0 fully saturated rings. The van der Waals surface area contributed by atoms with Crippen molar-refractivity contribution in [2.45, 2.75) is 6.54 Å². The molecule has 0 atom stereocenters. The van der Waals surface area contributed by atoms with Crippen molar-refractivity contribution in [1.82, 2.24) is 4.90 Å². The zero-order valence-electron chi connectivity index (χ0n) is 9.26. The fourth-order valence-corrected chi connectivity index (χ4v) is 1.53. The van der Waals surface area contributed by atoms with Gasteiger partial charge in [-0.1, -0.05) is 29.8 Å². The number of benzene rings is 1. The van der Waals surface area contributed by atoms with E-state index in [1.807, 2.05) is 0 Å². The molecule has 1 nitrogen and oxygen atoms in total. The van der Waals surface area contributed by atoms with E-state index in [-0.39, 0.29) is 57.9 Å². The topological polar surface area (TPSA) is 3.24 Å². The van der Waals surface area contributed by atoms with Crippen molar-refractivity contribution in [3.63, 3.8) is 0 Å². The second-order valence-corrected chi connectivity index (χ2v) is 3.91. The summed E-state index contributed by atoms with van der Waals surface area (Å²) in [5, 5.41) is 0.499. The molecule has 0 aliphatic heterocycles. The first-order valence-electron chi connectivity index (χ1n) is 4.51. The molecule has 0 unspecified atom stereocenters. The van der Waals surface area contributed by atoms with Gasteiger partial charge in [-0.25, -0.2) is 0 Å². The Morgan fingerprint density at radius 1 is 1.25 bits per heavy atom. The van der Waals surface area contributed by atoms with Crippen LogP contribution in [0.5, 0.6) is 0 Å². The number of nitrogens with zero attached hydrogens (tertiary/aromatic N) is 1. The molecule has 0 radical (unpaired) electrons. The van der Waals surface area contributed by atoms with Crippen molar-refractivity contribution < 1.29 is 64.3 Å². The van der Waals surface area contributed by atoms with Crippen molar-refractivity contribution in [3.8, 4) is 0 Å². The molecule has 0 amide bonds. The maximum atomic E-state index is 12.1. The van der Waals surface area contributed by atoms with Crippen LogP contribution in [0.15, 0.2) is 24.3 Å². The third-order valence-electron chi connectivity index (χ3n) is 1.92. The SMILES string of the molecule is CN(Cc1ccccc1Cl)C[B-](F)(F)F.[K+]. The van der Waals surface area contributed by atoms with E-state index in [1.54, 1.807) is 24.3 Å². The van der Waals surface area contributed by atoms with Gasteiger partial charge in [-0.3, -0.25) is 0 Å². The van der Waals surface area contributed by atoms with Crippen LogP contribution in [0.3, 0.4) is 0 Å². The molecule has 0 aromatic heterocycles. The number of halogens is 4. The summed E-state index contributed by atoms with van der Waals surface area (Å²) in [7, 11) is 1.43. The molecule has 0 saturated carbocycles. The van der Waals surface area contributed by atoms with Crippen LogP contribution in [0.1, 0.15) is 5.56 Å². The normalized spacial score (nSPS) is 11.4. The molecule has 0 spiro atoms. The fraction of sp³-hybridized carbons (Fsp3) is 0.333. The molecule has 0 N–H and O–H groups in total. The van der Waals surface area contributed by atoms with Gasteiger partial charge in [-0.15, -0.1) is 0 Å². The average Bonchev–Trinajstić information content (AvgIpc) is 2.05. The fourth-order valence-electron chi connectivity index (χ4n) is 1.34. The Hall–Kier alpha value is 0.961. The zero-order valence-corrected chi connectivity index (χ0v) is 13.1. The van der Waals surface area contributed by atoms with Gasteiger partial charge in [0.15, 0.2) is 0 Å². The van der Waals surface area contributed by atoms with E-state index in [9.17, 15) is 12.9 Å². The minimum absolute atomic E-state index is 0. The summed E-state index contributed by atoms with van der Waals surface area (Å²) >= 11 is 5.84. The first kappa shape index (κ1) is 17.0. The van der Waals surface area contributed by atoms with Crippen molar-refractivity contribution in [2.24, 2.45) is 0 Å². The van der Waals surface area contributed by atoms with Gasteiger partial charge in [0.1, 0.15) is 0 Å². The van der Waals surface area contributed by atoms with Crippen LogP contribution in [-0.4, -0.2) is 25.4 Å². The Kier molecular flexibility index (Phi) is 7.85. The van der Waals surface area contributed by atoms with Crippen LogP contribution in [0.25, 0.3) is 0 Å². The second kappa shape index (κ2) is 7.41. The van der Waals surface area contributed by atoms with E-state index in [0.717, 1.165) is 0 Å². The molecule has 7 heteroatoms. The van der Waals surface area contributed by atoms with Gasteiger partial charge < -0.3 is 17.8 Å². The molecule has 16 heavy (non-hydrogen) atoms. The van der Waals surface area contributed by atoms with Crippen LogP contribution < -0.4 is 51.4 Å². The van der Waals surface area contributed by atoms with Crippen LogP contribution >= 0.6 is 11.6 Å². The smallest absolute Gasteiger partial charge is 0.448 e. The van der Waals surface area contributed by atoms with Crippen LogP contribution in [0.2, 0.25) is 5.02 Å². The predicted molar refractivity (Wildman–Crippen MR) is 56.9 cm³/mol. The van der Waals surface area contributed by atoms with Gasteiger partial charge in [0.05, 0.1) is 0 Å². The summed E-state index contributed by atoms with van der Waals surface area (Å²) in [4.78, 5) is 1.21. The van der Waals surface area contributed by atoms with E-state index in [1.165, 1.54) is 11.9 Å². The van der Waals surface area contributed by atoms with Crippen molar-refractivity contribution >= 4 is 18.6 Å². The van der Waals surface area contributed by atoms with E-state index < -0.39 is 13.4 Å². The number of hydrogen-bond donors (Lipinski definition) is 0. The number of rotatable bonds is 4.